The van der Waals surface area contributed by atoms with E-state index in [-0.39, 0.29) is 6.04 Å². The van der Waals surface area contributed by atoms with Crippen LogP contribution in [0.5, 0.6) is 0 Å². The lowest BCUT2D eigenvalue weighted by Crippen LogP contribution is -2.31. The standard InChI is InChI=1S/C15H15ClN2/c16-11-5-6-14(17)13(9-11)15-12-4-2-1-3-10(12)7-8-18-15/h1-6,9,15,18H,7-8,17H2. The monoisotopic (exact) mass is 258 g/mol. The van der Waals surface area contributed by atoms with E-state index in [0.29, 0.717) is 0 Å². The number of hydrogen-bond acceptors (Lipinski definition) is 2. The summed E-state index contributed by atoms with van der Waals surface area (Å²) in [5, 5.41) is 4.25. The molecule has 18 heavy (non-hydrogen) atoms. The number of nitrogen functional groups attached to an aromatic ring is 1. The highest BCUT2D eigenvalue weighted by Gasteiger charge is 2.22. The normalized spacial score (nSPS) is 18.4. The molecule has 2 aromatic rings. The molecule has 1 aliphatic heterocycles. The minimum Gasteiger partial charge on any atom is -0.398 e. The first-order chi connectivity index (χ1) is 8.75. The van der Waals surface area contributed by atoms with Crippen LogP contribution in [0.3, 0.4) is 0 Å². The highest BCUT2D eigenvalue weighted by molar-refractivity contribution is 6.30. The highest BCUT2D eigenvalue weighted by atomic mass is 35.5. The van der Waals surface area contributed by atoms with Crippen LogP contribution in [0.4, 0.5) is 5.69 Å². The molecular formula is C15H15ClN2. The molecule has 0 aliphatic carbocycles. The van der Waals surface area contributed by atoms with Crippen molar-refractivity contribution in [1.29, 1.82) is 0 Å². The van der Waals surface area contributed by atoms with Gasteiger partial charge in [-0.3, -0.25) is 0 Å². The van der Waals surface area contributed by atoms with Crippen molar-refractivity contribution in [3.05, 3.63) is 64.2 Å². The number of nitrogens with one attached hydrogen (secondary N) is 1. The molecule has 2 aromatic carbocycles. The number of fused-ring (bicyclic) bond motifs is 1. The Morgan fingerprint density at radius 2 is 1.94 bits per heavy atom. The predicted molar refractivity (Wildman–Crippen MR) is 75.9 cm³/mol. The fourth-order valence-corrected chi connectivity index (χ4v) is 2.76. The van der Waals surface area contributed by atoms with E-state index in [1.165, 1.54) is 11.1 Å². The van der Waals surface area contributed by atoms with Crippen LogP contribution in [0, 0.1) is 0 Å². The molecule has 0 spiro atoms. The number of halogens is 1. The van der Waals surface area contributed by atoms with Crippen LogP contribution >= 0.6 is 11.6 Å². The first-order valence-electron chi connectivity index (χ1n) is 6.12. The van der Waals surface area contributed by atoms with Gasteiger partial charge in [0.15, 0.2) is 0 Å². The number of nitrogens with two attached hydrogens (primary N) is 1. The van der Waals surface area contributed by atoms with Crippen molar-refractivity contribution < 1.29 is 0 Å². The summed E-state index contributed by atoms with van der Waals surface area (Å²) in [6.07, 6.45) is 1.06. The van der Waals surface area contributed by atoms with Crippen LogP contribution in [-0.2, 0) is 6.42 Å². The molecule has 0 fully saturated rings. The van der Waals surface area contributed by atoms with E-state index in [4.69, 9.17) is 17.3 Å². The third-order valence-electron chi connectivity index (χ3n) is 3.47. The van der Waals surface area contributed by atoms with Crippen molar-refractivity contribution in [3.63, 3.8) is 0 Å². The van der Waals surface area contributed by atoms with Crippen LogP contribution in [0.1, 0.15) is 22.7 Å². The molecule has 3 heteroatoms. The fourth-order valence-electron chi connectivity index (χ4n) is 2.58. The predicted octanol–water partition coefficient (Wildman–Crippen LogP) is 3.16. The van der Waals surface area contributed by atoms with Crippen molar-refractivity contribution in [2.45, 2.75) is 12.5 Å². The van der Waals surface area contributed by atoms with Crippen molar-refractivity contribution in [2.75, 3.05) is 12.3 Å². The number of rotatable bonds is 1. The minimum absolute atomic E-state index is 0.147. The summed E-state index contributed by atoms with van der Waals surface area (Å²) >= 11 is 6.08. The molecule has 1 aliphatic rings. The maximum Gasteiger partial charge on any atom is 0.0600 e. The largest absolute Gasteiger partial charge is 0.398 e. The minimum atomic E-state index is 0.147. The summed E-state index contributed by atoms with van der Waals surface area (Å²) in [6, 6.07) is 14.3. The molecule has 1 atom stereocenters. The van der Waals surface area contributed by atoms with Gasteiger partial charge in [0.1, 0.15) is 0 Å². The van der Waals surface area contributed by atoms with Gasteiger partial charge in [-0.05, 0) is 41.3 Å². The molecule has 0 saturated heterocycles. The molecule has 0 bridgehead atoms. The first kappa shape index (κ1) is 11.6. The van der Waals surface area contributed by atoms with Crippen LogP contribution < -0.4 is 11.1 Å². The quantitative estimate of drug-likeness (QED) is 0.771. The molecule has 3 rings (SSSR count). The van der Waals surface area contributed by atoms with Crippen molar-refractivity contribution in [2.24, 2.45) is 0 Å². The van der Waals surface area contributed by atoms with Gasteiger partial charge in [-0.25, -0.2) is 0 Å². The Hall–Kier alpha value is -1.51. The Bertz CT molecular complexity index is 580. The molecule has 0 saturated carbocycles. The molecule has 92 valence electrons. The third kappa shape index (κ3) is 1.98. The summed E-state index contributed by atoms with van der Waals surface area (Å²) in [5.74, 6) is 0. The molecule has 0 aromatic heterocycles. The van der Waals surface area contributed by atoms with Crippen LogP contribution in [0.2, 0.25) is 5.02 Å². The lowest BCUT2D eigenvalue weighted by atomic mass is 9.89. The number of hydrogen-bond donors (Lipinski definition) is 2. The Balaban J connectivity index is 2.11. The smallest absolute Gasteiger partial charge is 0.0600 e. The molecule has 1 unspecified atom stereocenters. The average molecular weight is 259 g/mol. The fraction of sp³-hybridized carbons (Fsp3) is 0.200. The van der Waals surface area contributed by atoms with Crippen LogP contribution in [-0.4, -0.2) is 6.54 Å². The first-order valence-corrected chi connectivity index (χ1v) is 6.49. The second kappa shape index (κ2) is 4.63. The Morgan fingerprint density at radius 3 is 2.83 bits per heavy atom. The van der Waals surface area contributed by atoms with E-state index in [1.54, 1.807) is 0 Å². The molecule has 2 nitrogen and oxygen atoms in total. The van der Waals surface area contributed by atoms with Crippen molar-refractivity contribution >= 4 is 17.3 Å². The highest BCUT2D eigenvalue weighted by Crippen LogP contribution is 2.33. The van der Waals surface area contributed by atoms with Gasteiger partial charge in [-0.1, -0.05) is 35.9 Å². The second-order valence-corrected chi connectivity index (χ2v) is 5.05. The summed E-state index contributed by atoms with van der Waals surface area (Å²) in [4.78, 5) is 0. The Morgan fingerprint density at radius 1 is 1.11 bits per heavy atom. The molecule has 1 heterocycles. The average Bonchev–Trinajstić information content (AvgIpc) is 2.41. The SMILES string of the molecule is Nc1ccc(Cl)cc1C1NCCc2ccccc21. The van der Waals surface area contributed by atoms with Crippen molar-refractivity contribution in [1.82, 2.24) is 5.32 Å². The van der Waals surface area contributed by atoms with E-state index in [9.17, 15) is 0 Å². The Labute approximate surface area is 112 Å². The lowest BCUT2D eigenvalue weighted by Gasteiger charge is -2.28. The molecular weight excluding hydrogens is 244 g/mol. The molecule has 3 N–H and O–H groups in total. The van der Waals surface area contributed by atoms with Gasteiger partial charge in [0.05, 0.1) is 6.04 Å². The summed E-state index contributed by atoms with van der Waals surface area (Å²) < 4.78 is 0. The zero-order valence-electron chi connectivity index (χ0n) is 9.99. The van der Waals surface area contributed by atoms with Gasteiger partial charge in [0.2, 0.25) is 0 Å². The second-order valence-electron chi connectivity index (χ2n) is 4.61. The van der Waals surface area contributed by atoms with Gasteiger partial charge < -0.3 is 11.1 Å². The third-order valence-corrected chi connectivity index (χ3v) is 3.70. The number of anilines is 1. The van der Waals surface area contributed by atoms with E-state index >= 15 is 0 Å². The van der Waals surface area contributed by atoms with E-state index in [2.05, 4.69) is 29.6 Å². The Kier molecular flexibility index (Phi) is 2.98. The maximum atomic E-state index is 6.08. The van der Waals surface area contributed by atoms with Gasteiger partial charge >= 0.3 is 0 Å². The zero-order valence-corrected chi connectivity index (χ0v) is 10.7. The van der Waals surface area contributed by atoms with Gasteiger partial charge in [-0.15, -0.1) is 0 Å². The van der Waals surface area contributed by atoms with Gasteiger partial charge in [0, 0.05) is 17.3 Å². The van der Waals surface area contributed by atoms with E-state index < -0.39 is 0 Å². The lowest BCUT2D eigenvalue weighted by molar-refractivity contribution is 0.569. The van der Waals surface area contributed by atoms with E-state index in [0.717, 1.165) is 29.2 Å². The van der Waals surface area contributed by atoms with Crippen LogP contribution in [0.15, 0.2) is 42.5 Å². The topological polar surface area (TPSA) is 38.0 Å². The van der Waals surface area contributed by atoms with Gasteiger partial charge in [-0.2, -0.15) is 0 Å². The van der Waals surface area contributed by atoms with Gasteiger partial charge in [0.25, 0.3) is 0 Å². The molecule has 0 amide bonds. The summed E-state index contributed by atoms with van der Waals surface area (Å²) in [5.41, 5.74) is 10.6. The summed E-state index contributed by atoms with van der Waals surface area (Å²) in [7, 11) is 0. The molecule has 0 radical (unpaired) electrons. The van der Waals surface area contributed by atoms with E-state index in [1.807, 2.05) is 18.2 Å². The number of benzene rings is 2. The van der Waals surface area contributed by atoms with Crippen molar-refractivity contribution in [3.8, 4) is 0 Å². The summed E-state index contributed by atoms with van der Waals surface area (Å²) in [6.45, 7) is 0.966. The maximum absolute atomic E-state index is 6.08. The van der Waals surface area contributed by atoms with Crippen LogP contribution in [0.25, 0.3) is 0 Å². The zero-order chi connectivity index (χ0) is 12.5.